The molecule has 1 aromatic carbocycles. The summed E-state index contributed by atoms with van der Waals surface area (Å²) in [6, 6.07) is 6.75. The number of hydrogen-bond donors (Lipinski definition) is 1. The molecule has 1 N–H and O–H groups in total. The number of aryl methyl sites for hydroxylation is 1. The molecule has 110 valence electrons. The predicted molar refractivity (Wildman–Crippen MR) is 77.3 cm³/mol. The molecule has 0 unspecified atom stereocenters. The summed E-state index contributed by atoms with van der Waals surface area (Å²) in [4.78, 5) is 18.5. The summed E-state index contributed by atoms with van der Waals surface area (Å²) in [6.07, 6.45) is 1.69. The first-order valence-corrected chi connectivity index (χ1v) is 8.05. The SMILES string of the molecule is Cc1ccc(S(=O)(=O)N2CCc3c(nc[nH]c3=O)C2)cc1. The highest BCUT2D eigenvalue weighted by molar-refractivity contribution is 7.89. The van der Waals surface area contributed by atoms with Crippen molar-refractivity contribution >= 4 is 10.0 Å². The minimum absolute atomic E-state index is 0.134. The number of nitrogens with one attached hydrogen (secondary N) is 1. The normalized spacial score (nSPS) is 15.7. The van der Waals surface area contributed by atoms with E-state index in [0.29, 0.717) is 17.7 Å². The van der Waals surface area contributed by atoms with Gasteiger partial charge in [0.15, 0.2) is 0 Å². The molecule has 0 radical (unpaired) electrons. The maximum Gasteiger partial charge on any atom is 0.254 e. The Kier molecular flexibility index (Phi) is 3.38. The molecular weight excluding hydrogens is 290 g/mol. The Bertz CT molecular complexity index is 825. The standard InChI is InChI=1S/C14H15N3O3S/c1-10-2-4-11(5-3-10)21(19,20)17-7-6-12-13(8-17)15-9-16-14(12)18/h2-5,9H,6-8H2,1H3,(H,15,16,18). The van der Waals surface area contributed by atoms with Crippen LogP contribution < -0.4 is 5.56 Å². The highest BCUT2D eigenvalue weighted by Gasteiger charge is 2.29. The van der Waals surface area contributed by atoms with Gasteiger partial charge in [0, 0.05) is 12.1 Å². The van der Waals surface area contributed by atoms with E-state index in [2.05, 4.69) is 9.97 Å². The molecule has 0 saturated heterocycles. The predicted octanol–water partition coefficient (Wildman–Crippen LogP) is 0.825. The van der Waals surface area contributed by atoms with Crippen LogP contribution in [0.15, 0.2) is 40.3 Å². The quantitative estimate of drug-likeness (QED) is 0.890. The van der Waals surface area contributed by atoms with Gasteiger partial charge in [0.2, 0.25) is 10.0 Å². The molecule has 3 rings (SSSR count). The van der Waals surface area contributed by atoms with Crippen LogP contribution in [0.2, 0.25) is 0 Å². The Morgan fingerprint density at radius 3 is 2.67 bits per heavy atom. The van der Waals surface area contributed by atoms with E-state index in [1.54, 1.807) is 24.3 Å². The van der Waals surface area contributed by atoms with Crippen LogP contribution in [0, 0.1) is 6.92 Å². The zero-order valence-corrected chi connectivity index (χ0v) is 12.4. The molecule has 0 bridgehead atoms. The first-order chi connectivity index (χ1) is 9.98. The molecule has 1 aliphatic rings. The van der Waals surface area contributed by atoms with Crippen molar-refractivity contribution in [3.63, 3.8) is 0 Å². The molecule has 2 aromatic rings. The molecule has 0 atom stereocenters. The van der Waals surface area contributed by atoms with Gasteiger partial charge in [-0.25, -0.2) is 13.4 Å². The summed E-state index contributed by atoms with van der Waals surface area (Å²) in [5, 5.41) is 0. The number of aromatic amines is 1. The topological polar surface area (TPSA) is 83.1 Å². The Hall–Kier alpha value is -1.99. The second kappa shape index (κ2) is 5.09. The fourth-order valence-electron chi connectivity index (χ4n) is 2.41. The Labute approximate surface area is 122 Å². The van der Waals surface area contributed by atoms with E-state index in [4.69, 9.17) is 0 Å². The third kappa shape index (κ3) is 2.50. The largest absolute Gasteiger partial charge is 0.313 e. The monoisotopic (exact) mass is 305 g/mol. The maximum absolute atomic E-state index is 12.6. The van der Waals surface area contributed by atoms with Crippen LogP contribution in [0.3, 0.4) is 0 Å². The van der Waals surface area contributed by atoms with Gasteiger partial charge < -0.3 is 4.98 Å². The molecule has 1 aliphatic heterocycles. The number of sulfonamides is 1. The fraction of sp³-hybridized carbons (Fsp3) is 0.286. The average molecular weight is 305 g/mol. The summed E-state index contributed by atoms with van der Waals surface area (Å²) in [6.45, 7) is 2.33. The number of aromatic nitrogens is 2. The highest BCUT2D eigenvalue weighted by Crippen LogP contribution is 2.22. The van der Waals surface area contributed by atoms with Gasteiger partial charge >= 0.3 is 0 Å². The molecule has 1 aromatic heterocycles. The molecule has 21 heavy (non-hydrogen) atoms. The van der Waals surface area contributed by atoms with E-state index in [1.807, 2.05) is 6.92 Å². The fourth-order valence-corrected chi connectivity index (χ4v) is 3.81. The molecule has 2 heterocycles. The lowest BCUT2D eigenvalue weighted by molar-refractivity contribution is 0.383. The molecule has 6 nitrogen and oxygen atoms in total. The molecule has 0 saturated carbocycles. The van der Waals surface area contributed by atoms with Crippen molar-refractivity contribution in [1.29, 1.82) is 0 Å². The van der Waals surface area contributed by atoms with Crippen LogP contribution in [-0.4, -0.2) is 29.2 Å². The lowest BCUT2D eigenvalue weighted by atomic mass is 10.1. The van der Waals surface area contributed by atoms with Crippen LogP contribution in [0.5, 0.6) is 0 Å². The van der Waals surface area contributed by atoms with Crippen molar-refractivity contribution < 1.29 is 8.42 Å². The first kappa shape index (κ1) is 14.0. The second-order valence-corrected chi connectivity index (χ2v) is 7.00. The third-order valence-corrected chi connectivity index (χ3v) is 5.49. The van der Waals surface area contributed by atoms with Gasteiger partial charge in [0.25, 0.3) is 5.56 Å². The van der Waals surface area contributed by atoms with E-state index >= 15 is 0 Å². The zero-order valence-electron chi connectivity index (χ0n) is 11.5. The Balaban J connectivity index is 1.95. The van der Waals surface area contributed by atoms with Crippen molar-refractivity contribution in [3.8, 4) is 0 Å². The smallest absolute Gasteiger partial charge is 0.254 e. The molecule has 7 heteroatoms. The summed E-state index contributed by atoms with van der Waals surface area (Å²) in [5.74, 6) is 0. The number of hydrogen-bond acceptors (Lipinski definition) is 4. The van der Waals surface area contributed by atoms with Crippen LogP contribution in [0.1, 0.15) is 16.8 Å². The minimum Gasteiger partial charge on any atom is -0.313 e. The number of nitrogens with zero attached hydrogens (tertiary/aromatic N) is 2. The van der Waals surface area contributed by atoms with Crippen LogP contribution in [0.4, 0.5) is 0 Å². The van der Waals surface area contributed by atoms with Gasteiger partial charge in [-0.15, -0.1) is 0 Å². The number of H-pyrrole nitrogens is 1. The number of fused-ring (bicyclic) bond motifs is 1. The lowest BCUT2D eigenvalue weighted by Crippen LogP contribution is -2.38. The van der Waals surface area contributed by atoms with E-state index in [-0.39, 0.29) is 23.5 Å². The molecular formula is C14H15N3O3S. The molecule has 0 amide bonds. The van der Waals surface area contributed by atoms with Crippen molar-refractivity contribution in [2.75, 3.05) is 6.54 Å². The van der Waals surface area contributed by atoms with Gasteiger partial charge in [0.05, 0.1) is 23.5 Å². The van der Waals surface area contributed by atoms with E-state index in [0.717, 1.165) is 5.56 Å². The second-order valence-electron chi connectivity index (χ2n) is 5.06. The summed E-state index contributed by atoms with van der Waals surface area (Å²) < 4.78 is 26.6. The zero-order chi connectivity index (χ0) is 15.0. The maximum atomic E-state index is 12.6. The molecule has 0 fully saturated rings. The number of benzene rings is 1. The minimum atomic E-state index is -3.55. The molecule has 0 spiro atoms. The summed E-state index contributed by atoms with van der Waals surface area (Å²) >= 11 is 0. The van der Waals surface area contributed by atoms with Gasteiger partial charge in [-0.05, 0) is 25.5 Å². The van der Waals surface area contributed by atoms with Crippen LogP contribution in [-0.2, 0) is 23.0 Å². The first-order valence-electron chi connectivity index (χ1n) is 6.61. The van der Waals surface area contributed by atoms with Gasteiger partial charge in [-0.1, -0.05) is 17.7 Å². The Morgan fingerprint density at radius 1 is 1.24 bits per heavy atom. The van der Waals surface area contributed by atoms with E-state index in [9.17, 15) is 13.2 Å². The van der Waals surface area contributed by atoms with Crippen molar-refractivity contribution in [1.82, 2.24) is 14.3 Å². The summed E-state index contributed by atoms with van der Waals surface area (Å²) in [5.41, 5.74) is 1.92. The van der Waals surface area contributed by atoms with Crippen molar-refractivity contribution in [2.24, 2.45) is 0 Å². The van der Waals surface area contributed by atoms with Gasteiger partial charge in [-0.3, -0.25) is 4.79 Å². The average Bonchev–Trinajstić information content (AvgIpc) is 2.47. The lowest BCUT2D eigenvalue weighted by Gasteiger charge is -2.26. The highest BCUT2D eigenvalue weighted by atomic mass is 32.2. The molecule has 0 aliphatic carbocycles. The number of rotatable bonds is 2. The van der Waals surface area contributed by atoms with Crippen molar-refractivity contribution in [3.05, 3.63) is 57.8 Å². The Morgan fingerprint density at radius 2 is 1.95 bits per heavy atom. The van der Waals surface area contributed by atoms with Crippen LogP contribution in [0.25, 0.3) is 0 Å². The summed E-state index contributed by atoms with van der Waals surface area (Å²) in [7, 11) is -3.55. The van der Waals surface area contributed by atoms with Crippen LogP contribution >= 0.6 is 0 Å². The van der Waals surface area contributed by atoms with E-state index in [1.165, 1.54) is 10.6 Å². The van der Waals surface area contributed by atoms with E-state index < -0.39 is 10.0 Å². The van der Waals surface area contributed by atoms with Gasteiger partial charge in [0.1, 0.15) is 0 Å². The third-order valence-electron chi connectivity index (χ3n) is 3.63. The van der Waals surface area contributed by atoms with Gasteiger partial charge in [-0.2, -0.15) is 4.31 Å². The van der Waals surface area contributed by atoms with Crippen molar-refractivity contribution in [2.45, 2.75) is 24.8 Å².